The Morgan fingerprint density at radius 3 is 2.85 bits per heavy atom. The normalized spacial score (nSPS) is 11.9. The third kappa shape index (κ3) is 3.45. The van der Waals surface area contributed by atoms with Gasteiger partial charge in [0.2, 0.25) is 0 Å². The highest BCUT2D eigenvalue weighted by Crippen LogP contribution is 2.21. The molecule has 1 aromatic heterocycles. The van der Waals surface area contributed by atoms with Crippen LogP contribution < -0.4 is 5.73 Å². The van der Waals surface area contributed by atoms with Crippen molar-refractivity contribution in [3.63, 3.8) is 0 Å². The molecule has 0 saturated carbocycles. The number of nitro groups is 1. The summed E-state index contributed by atoms with van der Waals surface area (Å²) in [5, 5.41) is 26.0. The van der Waals surface area contributed by atoms with Crippen LogP contribution in [0.5, 0.6) is 0 Å². The first kappa shape index (κ1) is 13.3. The van der Waals surface area contributed by atoms with Crippen LogP contribution in [-0.4, -0.2) is 21.2 Å². The highest BCUT2D eigenvalue weighted by molar-refractivity contribution is 5.77. The zero-order valence-electron chi connectivity index (χ0n) is 10.3. The van der Waals surface area contributed by atoms with Gasteiger partial charge in [-0.15, -0.1) is 5.11 Å². The summed E-state index contributed by atoms with van der Waals surface area (Å²) in [5.74, 6) is -0.500. The number of nitrogens with two attached hydrogens (primary N) is 1. The Labute approximate surface area is 113 Å². The van der Waals surface area contributed by atoms with Crippen LogP contribution in [0.3, 0.4) is 0 Å². The van der Waals surface area contributed by atoms with Crippen molar-refractivity contribution in [1.29, 1.82) is 0 Å². The lowest BCUT2D eigenvalue weighted by atomic mass is 10.1. The van der Waals surface area contributed by atoms with Crippen LogP contribution in [0.25, 0.3) is 11.3 Å². The molecule has 102 valence electrons. The first-order valence-electron chi connectivity index (χ1n) is 5.60. The molecule has 0 bridgehead atoms. The van der Waals surface area contributed by atoms with E-state index in [1.165, 1.54) is 0 Å². The van der Waals surface area contributed by atoms with E-state index in [0.29, 0.717) is 0 Å². The number of hydrogen-bond acceptors (Lipinski definition) is 4. The topological polar surface area (TPSA) is 135 Å². The zero-order chi connectivity index (χ0) is 14.4. The molecule has 0 fully saturated rings. The number of nitrogens with zero attached hydrogens (tertiary/aromatic N) is 5. The first-order chi connectivity index (χ1) is 9.66. The lowest BCUT2D eigenvalue weighted by Gasteiger charge is -1.99. The standard InChI is InChI=1S/C11H11N7O2/c12-11(17-18(19)20)16-14-7-9-6-13-15-10(9)8-4-2-1-3-5-8/h1-6H,7H2,(H2,12,17)(H,13,15). The van der Waals surface area contributed by atoms with E-state index in [1.807, 2.05) is 30.3 Å². The smallest absolute Gasteiger partial charge is 0.310 e. The average Bonchev–Trinajstić information content (AvgIpc) is 2.87. The molecule has 0 saturated heterocycles. The summed E-state index contributed by atoms with van der Waals surface area (Å²) < 4.78 is 0. The number of H-pyrrole nitrogens is 1. The molecule has 9 heteroatoms. The van der Waals surface area contributed by atoms with E-state index < -0.39 is 11.0 Å². The Hall–Kier alpha value is -3.10. The first-order valence-corrected chi connectivity index (χ1v) is 5.60. The van der Waals surface area contributed by atoms with Crippen molar-refractivity contribution in [2.45, 2.75) is 6.54 Å². The molecule has 0 spiro atoms. The maximum absolute atomic E-state index is 10.1. The van der Waals surface area contributed by atoms with Crippen molar-refractivity contribution >= 4 is 5.96 Å². The number of aromatic nitrogens is 2. The number of nitrogens with one attached hydrogen (secondary N) is 1. The molecule has 2 aromatic rings. The summed E-state index contributed by atoms with van der Waals surface area (Å²) in [5.41, 5.74) is 7.76. The summed E-state index contributed by atoms with van der Waals surface area (Å²) >= 11 is 0. The lowest BCUT2D eigenvalue weighted by Crippen LogP contribution is -2.09. The molecule has 0 unspecified atom stereocenters. The fourth-order valence-electron chi connectivity index (χ4n) is 1.57. The van der Waals surface area contributed by atoms with Gasteiger partial charge < -0.3 is 5.73 Å². The second-order valence-electron chi connectivity index (χ2n) is 3.73. The predicted molar refractivity (Wildman–Crippen MR) is 71.2 cm³/mol. The van der Waals surface area contributed by atoms with Crippen molar-refractivity contribution in [3.05, 3.63) is 52.2 Å². The van der Waals surface area contributed by atoms with Gasteiger partial charge in [0, 0.05) is 5.56 Å². The number of aromatic amines is 1. The monoisotopic (exact) mass is 273 g/mol. The van der Waals surface area contributed by atoms with Gasteiger partial charge in [-0.25, -0.2) is 10.1 Å². The van der Waals surface area contributed by atoms with Crippen molar-refractivity contribution in [1.82, 2.24) is 10.2 Å². The molecule has 0 amide bonds. The fraction of sp³-hybridized carbons (Fsp3) is 0.0909. The fourth-order valence-corrected chi connectivity index (χ4v) is 1.57. The Bertz CT molecular complexity index is 648. The van der Waals surface area contributed by atoms with Crippen molar-refractivity contribution in [3.8, 4) is 11.3 Å². The van der Waals surface area contributed by atoms with E-state index in [1.54, 1.807) is 6.20 Å². The molecule has 2 rings (SSSR count). The van der Waals surface area contributed by atoms with Crippen molar-refractivity contribution < 1.29 is 5.03 Å². The maximum atomic E-state index is 10.1. The van der Waals surface area contributed by atoms with Crippen molar-refractivity contribution in [2.24, 2.45) is 21.1 Å². The molecule has 0 aliphatic carbocycles. The molecule has 0 aliphatic heterocycles. The van der Waals surface area contributed by atoms with E-state index in [-0.39, 0.29) is 6.54 Å². The summed E-state index contributed by atoms with van der Waals surface area (Å²) in [6.07, 6.45) is 1.61. The van der Waals surface area contributed by atoms with Gasteiger partial charge in [-0.3, -0.25) is 5.10 Å². The minimum Gasteiger partial charge on any atom is -0.362 e. The van der Waals surface area contributed by atoms with Crippen LogP contribution in [0, 0.1) is 10.1 Å². The summed E-state index contributed by atoms with van der Waals surface area (Å²) in [4.78, 5) is 10.1. The third-order valence-corrected chi connectivity index (χ3v) is 2.38. The van der Waals surface area contributed by atoms with Gasteiger partial charge in [0.15, 0.2) is 5.03 Å². The van der Waals surface area contributed by atoms with Gasteiger partial charge in [-0.05, 0) is 5.56 Å². The van der Waals surface area contributed by atoms with Crippen LogP contribution in [0.2, 0.25) is 0 Å². The minimum atomic E-state index is -0.929. The SMILES string of the molecule is NC(N=NCc1cn[nH]c1-c1ccccc1)=N[N+](=O)[O-]. The van der Waals surface area contributed by atoms with Crippen LogP contribution >= 0.6 is 0 Å². The maximum Gasteiger partial charge on any atom is 0.310 e. The summed E-state index contributed by atoms with van der Waals surface area (Å²) in [6.45, 7) is 0.189. The van der Waals surface area contributed by atoms with Gasteiger partial charge in [0.1, 0.15) is 5.10 Å². The highest BCUT2D eigenvalue weighted by atomic mass is 16.7. The van der Waals surface area contributed by atoms with E-state index >= 15 is 0 Å². The molecule has 1 heterocycles. The van der Waals surface area contributed by atoms with Gasteiger partial charge in [-0.2, -0.15) is 10.2 Å². The summed E-state index contributed by atoms with van der Waals surface area (Å²) in [6, 6.07) is 9.58. The van der Waals surface area contributed by atoms with Crippen LogP contribution in [0.15, 0.2) is 51.9 Å². The Morgan fingerprint density at radius 2 is 2.15 bits per heavy atom. The van der Waals surface area contributed by atoms with Gasteiger partial charge in [-0.1, -0.05) is 30.3 Å². The van der Waals surface area contributed by atoms with E-state index in [2.05, 4.69) is 25.5 Å². The molecule has 1 aromatic carbocycles. The van der Waals surface area contributed by atoms with Crippen LogP contribution in [-0.2, 0) is 6.54 Å². The number of benzene rings is 1. The van der Waals surface area contributed by atoms with Gasteiger partial charge in [0.25, 0.3) is 0 Å². The van der Waals surface area contributed by atoms with Crippen LogP contribution in [0.1, 0.15) is 5.56 Å². The number of azo groups is 1. The molecule has 20 heavy (non-hydrogen) atoms. The molecular weight excluding hydrogens is 262 g/mol. The average molecular weight is 273 g/mol. The van der Waals surface area contributed by atoms with Crippen LogP contribution in [0.4, 0.5) is 0 Å². The van der Waals surface area contributed by atoms with Gasteiger partial charge >= 0.3 is 5.96 Å². The quantitative estimate of drug-likeness (QED) is 0.287. The zero-order valence-corrected chi connectivity index (χ0v) is 10.3. The van der Waals surface area contributed by atoms with Gasteiger partial charge in [0.05, 0.1) is 18.4 Å². The lowest BCUT2D eigenvalue weighted by molar-refractivity contribution is -0.485. The predicted octanol–water partition coefficient (Wildman–Crippen LogP) is 1.54. The number of guanidine groups is 1. The number of rotatable bonds is 4. The largest absolute Gasteiger partial charge is 0.362 e. The molecule has 3 N–H and O–H groups in total. The number of hydrogen-bond donors (Lipinski definition) is 2. The van der Waals surface area contributed by atoms with E-state index in [9.17, 15) is 10.1 Å². The van der Waals surface area contributed by atoms with Crippen molar-refractivity contribution in [2.75, 3.05) is 0 Å². The molecule has 0 aliphatic rings. The van der Waals surface area contributed by atoms with E-state index in [0.717, 1.165) is 16.8 Å². The summed E-state index contributed by atoms with van der Waals surface area (Å²) in [7, 11) is 0. The number of hydrazone groups is 1. The minimum absolute atomic E-state index is 0.189. The Morgan fingerprint density at radius 1 is 1.40 bits per heavy atom. The molecule has 9 nitrogen and oxygen atoms in total. The highest BCUT2D eigenvalue weighted by Gasteiger charge is 2.06. The second kappa shape index (κ2) is 6.18. The van der Waals surface area contributed by atoms with E-state index in [4.69, 9.17) is 5.73 Å². The Kier molecular flexibility index (Phi) is 4.12. The molecule has 0 atom stereocenters. The molecular formula is C11H11N7O2. The second-order valence-corrected chi connectivity index (χ2v) is 3.73. The third-order valence-electron chi connectivity index (χ3n) is 2.38. The molecule has 0 radical (unpaired) electrons. The Balaban J connectivity index is 2.11.